The van der Waals surface area contributed by atoms with E-state index < -0.39 is 0 Å². The zero-order valence-corrected chi connectivity index (χ0v) is 10.6. The Morgan fingerprint density at radius 1 is 0.833 bits per heavy atom. The van der Waals surface area contributed by atoms with Crippen LogP contribution in [0.25, 0.3) is 22.2 Å². The summed E-state index contributed by atoms with van der Waals surface area (Å²) in [5.74, 6) is 0. The summed E-state index contributed by atoms with van der Waals surface area (Å²) in [6.45, 7) is 4.23. The highest BCUT2D eigenvalue weighted by Gasteiger charge is 2.02. The largest absolute Gasteiger partial charge is 0.248 e. The molecule has 0 saturated heterocycles. The number of aryl methyl sites for hydroxylation is 2. The average molecular weight is 233 g/mol. The average Bonchev–Trinajstić information content (AvgIpc) is 2.39. The van der Waals surface area contributed by atoms with Crippen LogP contribution in [0.2, 0.25) is 0 Å². The molecule has 18 heavy (non-hydrogen) atoms. The van der Waals surface area contributed by atoms with Gasteiger partial charge in [-0.25, -0.2) is 4.98 Å². The van der Waals surface area contributed by atoms with Crippen molar-refractivity contribution in [3.63, 3.8) is 0 Å². The van der Waals surface area contributed by atoms with Crippen LogP contribution in [-0.4, -0.2) is 4.98 Å². The Kier molecular flexibility index (Phi) is 2.60. The Balaban J connectivity index is 2.20. The molecule has 3 aromatic rings. The van der Waals surface area contributed by atoms with Gasteiger partial charge < -0.3 is 0 Å². The van der Waals surface area contributed by atoms with Crippen LogP contribution in [0, 0.1) is 13.8 Å². The van der Waals surface area contributed by atoms with Gasteiger partial charge in [0.05, 0.1) is 11.2 Å². The molecule has 88 valence electrons. The quantitative estimate of drug-likeness (QED) is 0.602. The SMILES string of the molecule is Cc1cccc(-c2ccc3c(C)cccc3n2)c1. The van der Waals surface area contributed by atoms with E-state index in [4.69, 9.17) is 4.98 Å². The highest BCUT2D eigenvalue weighted by Crippen LogP contribution is 2.23. The minimum absolute atomic E-state index is 1.04. The van der Waals surface area contributed by atoms with Gasteiger partial charge in [0, 0.05) is 10.9 Å². The summed E-state index contributed by atoms with van der Waals surface area (Å²) in [5, 5.41) is 1.23. The Morgan fingerprint density at radius 2 is 1.67 bits per heavy atom. The fourth-order valence-electron chi connectivity index (χ4n) is 2.27. The van der Waals surface area contributed by atoms with Gasteiger partial charge in [0.2, 0.25) is 0 Å². The Labute approximate surface area is 107 Å². The molecule has 0 fully saturated rings. The third kappa shape index (κ3) is 1.88. The van der Waals surface area contributed by atoms with E-state index in [1.165, 1.54) is 22.1 Å². The van der Waals surface area contributed by atoms with Gasteiger partial charge >= 0.3 is 0 Å². The third-order valence-electron chi connectivity index (χ3n) is 3.26. The smallest absolute Gasteiger partial charge is 0.0712 e. The van der Waals surface area contributed by atoms with Crippen LogP contribution in [0.15, 0.2) is 54.6 Å². The van der Waals surface area contributed by atoms with Crippen molar-refractivity contribution in [3.05, 3.63) is 65.7 Å². The molecule has 0 N–H and O–H groups in total. The predicted octanol–water partition coefficient (Wildman–Crippen LogP) is 4.52. The van der Waals surface area contributed by atoms with Gasteiger partial charge in [-0.1, -0.05) is 42.0 Å². The van der Waals surface area contributed by atoms with Crippen molar-refractivity contribution in [3.8, 4) is 11.3 Å². The van der Waals surface area contributed by atoms with E-state index in [1.54, 1.807) is 0 Å². The van der Waals surface area contributed by atoms with E-state index in [9.17, 15) is 0 Å². The fraction of sp³-hybridized carbons (Fsp3) is 0.118. The van der Waals surface area contributed by atoms with Crippen LogP contribution < -0.4 is 0 Å². The van der Waals surface area contributed by atoms with Crippen molar-refractivity contribution in [2.24, 2.45) is 0 Å². The van der Waals surface area contributed by atoms with Crippen molar-refractivity contribution >= 4 is 10.9 Å². The maximum absolute atomic E-state index is 4.75. The summed E-state index contributed by atoms with van der Waals surface area (Å²) in [4.78, 5) is 4.75. The van der Waals surface area contributed by atoms with E-state index in [0.29, 0.717) is 0 Å². The number of fused-ring (bicyclic) bond motifs is 1. The molecule has 1 heterocycles. The van der Waals surface area contributed by atoms with Crippen LogP contribution in [0.5, 0.6) is 0 Å². The van der Waals surface area contributed by atoms with Gasteiger partial charge in [0.15, 0.2) is 0 Å². The molecule has 0 bridgehead atoms. The van der Waals surface area contributed by atoms with E-state index in [2.05, 4.69) is 68.4 Å². The molecule has 1 nitrogen and oxygen atoms in total. The lowest BCUT2D eigenvalue weighted by atomic mass is 10.1. The van der Waals surface area contributed by atoms with E-state index in [-0.39, 0.29) is 0 Å². The summed E-state index contributed by atoms with van der Waals surface area (Å²) in [5.41, 5.74) is 5.82. The lowest BCUT2D eigenvalue weighted by molar-refractivity contribution is 1.37. The first kappa shape index (κ1) is 11.0. The van der Waals surface area contributed by atoms with Gasteiger partial charge in [-0.15, -0.1) is 0 Å². The number of rotatable bonds is 1. The molecule has 1 aromatic heterocycles. The summed E-state index contributed by atoms with van der Waals surface area (Å²) in [7, 11) is 0. The molecule has 1 heteroatoms. The summed E-state index contributed by atoms with van der Waals surface area (Å²) >= 11 is 0. The van der Waals surface area contributed by atoms with Gasteiger partial charge in [0.25, 0.3) is 0 Å². The van der Waals surface area contributed by atoms with Crippen molar-refractivity contribution in [1.82, 2.24) is 4.98 Å². The van der Waals surface area contributed by atoms with E-state index >= 15 is 0 Å². The van der Waals surface area contributed by atoms with Crippen LogP contribution in [-0.2, 0) is 0 Å². The van der Waals surface area contributed by atoms with Crippen LogP contribution in [0.1, 0.15) is 11.1 Å². The highest BCUT2D eigenvalue weighted by atomic mass is 14.7. The normalized spacial score (nSPS) is 10.8. The molecule has 0 amide bonds. The summed E-state index contributed by atoms with van der Waals surface area (Å²) in [6, 6.07) is 19.0. The van der Waals surface area contributed by atoms with Crippen molar-refractivity contribution in [2.75, 3.05) is 0 Å². The number of nitrogens with zero attached hydrogens (tertiary/aromatic N) is 1. The lowest BCUT2D eigenvalue weighted by Gasteiger charge is -2.05. The van der Waals surface area contributed by atoms with Crippen LogP contribution in [0.4, 0.5) is 0 Å². The van der Waals surface area contributed by atoms with Gasteiger partial charge in [0.1, 0.15) is 0 Å². The number of pyridine rings is 1. The Morgan fingerprint density at radius 3 is 2.50 bits per heavy atom. The molecular weight excluding hydrogens is 218 g/mol. The third-order valence-corrected chi connectivity index (χ3v) is 3.26. The second kappa shape index (κ2) is 4.26. The van der Waals surface area contributed by atoms with Gasteiger partial charge in [-0.2, -0.15) is 0 Å². The standard InChI is InChI=1S/C17H15N/c1-12-5-3-7-14(11-12)16-10-9-15-13(2)6-4-8-17(15)18-16/h3-11H,1-2H3. The topological polar surface area (TPSA) is 12.9 Å². The molecule has 0 aliphatic rings. The van der Waals surface area contributed by atoms with E-state index in [0.717, 1.165) is 11.2 Å². The monoisotopic (exact) mass is 233 g/mol. The second-order valence-electron chi connectivity index (χ2n) is 4.71. The zero-order chi connectivity index (χ0) is 12.5. The first-order valence-electron chi connectivity index (χ1n) is 6.17. The van der Waals surface area contributed by atoms with Crippen molar-refractivity contribution in [2.45, 2.75) is 13.8 Å². The second-order valence-corrected chi connectivity index (χ2v) is 4.71. The maximum Gasteiger partial charge on any atom is 0.0712 e. The Hall–Kier alpha value is -2.15. The van der Waals surface area contributed by atoms with E-state index in [1.807, 2.05) is 0 Å². The van der Waals surface area contributed by atoms with Crippen LogP contribution in [0.3, 0.4) is 0 Å². The zero-order valence-electron chi connectivity index (χ0n) is 10.6. The van der Waals surface area contributed by atoms with Crippen LogP contribution >= 0.6 is 0 Å². The molecular formula is C17H15N. The minimum atomic E-state index is 1.04. The maximum atomic E-state index is 4.75. The highest BCUT2D eigenvalue weighted by molar-refractivity contribution is 5.84. The molecule has 0 atom stereocenters. The molecule has 0 radical (unpaired) electrons. The number of aromatic nitrogens is 1. The first-order valence-corrected chi connectivity index (χ1v) is 6.17. The summed E-state index contributed by atoms with van der Waals surface area (Å²) < 4.78 is 0. The van der Waals surface area contributed by atoms with Crippen molar-refractivity contribution < 1.29 is 0 Å². The number of hydrogen-bond donors (Lipinski definition) is 0. The molecule has 0 unspecified atom stereocenters. The molecule has 0 saturated carbocycles. The molecule has 2 aromatic carbocycles. The van der Waals surface area contributed by atoms with Gasteiger partial charge in [-0.05, 0) is 37.6 Å². The lowest BCUT2D eigenvalue weighted by Crippen LogP contribution is -1.87. The predicted molar refractivity (Wildman–Crippen MR) is 76.7 cm³/mol. The molecule has 3 rings (SSSR count). The molecule has 0 aliphatic heterocycles. The van der Waals surface area contributed by atoms with Crippen molar-refractivity contribution in [1.29, 1.82) is 0 Å². The molecule has 0 aliphatic carbocycles. The Bertz CT molecular complexity index is 714. The number of benzene rings is 2. The summed E-state index contributed by atoms with van der Waals surface area (Å²) in [6.07, 6.45) is 0. The molecule has 0 spiro atoms. The number of hydrogen-bond acceptors (Lipinski definition) is 1. The first-order chi connectivity index (χ1) is 8.74. The fourth-order valence-corrected chi connectivity index (χ4v) is 2.27. The van der Waals surface area contributed by atoms with Gasteiger partial charge in [-0.3, -0.25) is 0 Å². The minimum Gasteiger partial charge on any atom is -0.248 e.